The maximum absolute atomic E-state index is 9.19. The molecule has 2 aromatic heterocycles. The molecule has 0 aliphatic carbocycles. The van der Waals surface area contributed by atoms with E-state index < -0.39 is 0 Å². The third kappa shape index (κ3) is 1.96. The van der Waals surface area contributed by atoms with Gasteiger partial charge in [-0.3, -0.25) is 0 Å². The zero-order chi connectivity index (χ0) is 13.2. The van der Waals surface area contributed by atoms with E-state index in [1.54, 1.807) is 6.20 Å². The molecule has 0 fully saturated rings. The average molecular weight is 266 g/mol. The van der Waals surface area contributed by atoms with Gasteiger partial charge in [0.25, 0.3) is 0 Å². The number of nitrogens with zero attached hydrogens (tertiary/aromatic N) is 4. The van der Waals surface area contributed by atoms with Crippen molar-refractivity contribution in [2.24, 2.45) is 0 Å². The van der Waals surface area contributed by atoms with Crippen LogP contribution in [-0.4, -0.2) is 20.9 Å². The minimum atomic E-state index is 0.645. The first kappa shape index (κ1) is 11.8. The molecular weight excluding hydrogens is 256 g/mol. The number of nitriles is 1. The largest absolute Gasteiger partial charge is 0.229 e. The highest BCUT2D eigenvalue weighted by Crippen LogP contribution is 2.25. The van der Waals surface area contributed by atoms with Gasteiger partial charge in [-0.1, -0.05) is 30.0 Å². The number of fused-ring (bicyclic) bond motifs is 1. The monoisotopic (exact) mass is 266 g/mol. The van der Waals surface area contributed by atoms with Crippen LogP contribution in [0.5, 0.6) is 0 Å². The third-order valence-corrected chi connectivity index (χ3v) is 3.44. The van der Waals surface area contributed by atoms with Crippen molar-refractivity contribution in [3.63, 3.8) is 0 Å². The van der Waals surface area contributed by atoms with Crippen LogP contribution in [-0.2, 0) is 0 Å². The third-order valence-electron chi connectivity index (χ3n) is 2.88. The number of hydrogen-bond acceptors (Lipinski definition) is 4. The number of thioether (sulfide) groups is 1. The van der Waals surface area contributed by atoms with E-state index in [2.05, 4.69) is 16.2 Å². The first-order valence-electron chi connectivity index (χ1n) is 5.72. The van der Waals surface area contributed by atoms with Gasteiger partial charge in [0, 0.05) is 5.56 Å². The number of rotatable bonds is 2. The van der Waals surface area contributed by atoms with Crippen molar-refractivity contribution in [2.75, 3.05) is 6.26 Å². The lowest BCUT2D eigenvalue weighted by Gasteiger charge is -2.04. The Morgan fingerprint density at radius 3 is 2.84 bits per heavy atom. The van der Waals surface area contributed by atoms with Gasteiger partial charge >= 0.3 is 0 Å². The fraction of sp³-hybridized carbons (Fsp3) is 0.0714. The molecule has 0 unspecified atom stereocenters. The van der Waals surface area contributed by atoms with Gasteiger partial charge in [0.2, 0.25) is 5.16 Å². The predicted molar refractivity (Wildman–Crippen MR) is 74.9 cm³/mol. The molecule has 5 heteroatoms. The second-order valence-electron chi connectivity index (χ2n) is 3.96. The average Bonchev–Trinajstić information content (AvgIpc) is 2.89. The van der Waals surface area contributed by atoms with E-state index in [0.717, 1.165) is 16.8 Å². The molecule has 0 saturated carbocycles. The quantitative estimate of drug-likeness (QED) is 0.669. The summed E-state index contributed by atoms with van der Waals surface area (Å²) in [6, 6.07) is 13.7. The highest BCUT2D eigenvalue weighted by molar-refractivity contribution is 7.98. The SMILES string of the molecule is CSc1ncc2ccc(-c3ccccc3C#N)n2n1. The van der Waals surface area contributed by atoms with E-state index in [1.165, 1.54) is 11.8 Å². The van der Waals surface area contributed by atoms with Gasteiger partial charge in [0.1, 0.15) is 0 Å². The van der Waals surface area contributed by atoms with Crippen molar-refractivity contribution in [1.29, 1.82) is 5.26 Å². The van der Waals surface area contributed by atoms with Gasteiger partial charge in [0.05, 0.1) is 29.0 Å². The van der Waals surface area contributed by atoms with E-state index in [0.29, 0.717) is 10.7 Å². The summed E-state index contributed by atoms with van der Waals surface area (Å²) in [4.78, 5) is 4.24. The summed E-state index contributed by atoms with van der Waals surface area (Å²) in [6.45, 7) is 0. The summed E-state index contributed by atoms with van der Waals surface area (Å²) < 4.78 is 1.83. The number of benzene rings is 1. The molecule has 4 nitrogen and oxygen atoms in total. The molecule has 0 aliphatic rings. The molecule has 92 valence electrons. The summed E-state index contributed by atoms with van der Waals surface area (Å²) in [7, 11) is 0. The zero-order valence-corrected chi connectivity index (χ0v) is 11.1. The molecular formula is C14H10N4S. The van der Waals surface area contributed by atoms with Crippen molar-refractivity contribution in [1.82, 2.24) is 14.6 Å². The molecule has 0 amide bonds. The number of aromatic nitrogens is 3. The Hall–Kier alpha value is -2.32. The summed E-state index contributed by atoms with van der Waals surface area (Å²) in [5, 5.41) is 14.4. The molecule has 3 rings (SSSR count). The molecule has 2 heterocycles. The Labute approximate surface area is 114 Å². The molecule has 19 heavy (non-hydrogen) atoms. The van der Waals surface area contributed by atoms with Gasteiger partial charge in [0.15, 0.2) is 0 Å². The summed E-state index contributed by atoms with van der Waals surface area (Å²) >= 11 is 1.49. The molecule has 0 bridgehead atoms. The molecule has 0 N–H and O–H groups in total. The highest BCUT2D eigenvalue weighted by atomic mass is 32.2. The van der Waals surface area contributed by atoms with Crippen LogP contribution in [0.25, 0.3) is 16.8 Å². The Kier molecular flexibility index (Phi) is 2.94. The first-order chi connectivity index (χ1) is 9.33. The molecule has 1 aromatic carbocycles. The Bertz CT molecular complexity index is 785. The molecule has 0 radical (unpaired) electrons. The van der Waals surface area contributed by atoms with E-state index in [-0.39, 0.29) is 0 Å². The van der Waals surface area contributed by atoms with Gasteiger partial charge in [-0.15, -0.1) is 5.10 Å². The van der Waals surface area contributed by atoms with Crippen molar-refractivity contribution in [3.05, 3.63) is 48.2 Å². The van der Waals surface area contributed by atoms with Crippen molar-refractivity contribution < 1.29 is 0 Å². The maximum atomic E-state index is 9.19. The first-order valence-corrected chi connectivity index (χ1v) is 6.94. The van der Waals surface area contributed by atoms with Crippen molar-refractivity contribution in [2.45, 2.75) is 5.16 Å². The van der Waals surface area contributed by atoms with Gasteiger partial charge in [-0.05, 0) is 24.5 Å². The lowest BCUT2D eigenvalue weighted by molar-refractivity contribution is 0.803. The molecule has 0 saturated heterocycles. The highest BCUT2D eigenvalue weighted by Gasteiger charge is 2.10. The topological polar surface area (TPSA) is 54.0 Å². The van der Waals surface area contributed by atoms with Crippen LogP contribution in [0.4, 0.5) is 0 Å². The van der Waals surface area contributed by atoms with E-state index in [9.17, 15) is 5.26 Å². The fourth-order valence-corrected chi connectivity index (χ4v) is 2.31. The van der Waals surface area contributed by atoms with Crippen LogP contribution in [0.1, 0.15) is 5.56 Å². The van der Waals surface area contributed by atoms with Crippen molar-refractivity contribution in [3.8, 4) is 17.3 Å². The zero-order valence-electron chi connectivity index (χ0n) is 10.2. The van der Waals surface area contributed by atoms with Crippen LogP contribution in [0.3, 0.4) is 0 Å². The van der Waals surface area contributed by atoms with Crippen LogP contribution in [0.2, 0.25) is 0 Å². The molecule has 0 aliphatic heterocycles. The van der Waals surface area contributed by atoms with Crippen LogP contribution in [0.15, 0.2) is 47.8 Å². The second kappa shape index (κ2) is 4.75. The van der Waals surface area contributed by atoms with Crippen molar-refractivity contribution >= 4 is 17.3 Å². The van der Waals surface area contributed by atoms with E-state index >= 15 is 0 Å². The lowest BCUT2D eigenvalue weighted by Crippen LogP contribution is -1.98. The standard InChI is InChI=1S/C14H10N4S/c1-19-14-16-9-11-6-7-13(18(11)17-14)12-5-3-2-4-10(12)8-15/h2-7,9H,1H3. The minimum Gasteiger partial charge on any atom is -0.229 e. The predicted octanol–water partition coefficient (Wildman–Crippen LogP) is 2.99. The molecule has 0 atom stereocenters. The fourth-order valence-electron chi connectivity index (χ4n) is 1.99. The number of hydrogen-bond donors (Lipinski definition) is 0. The molecule has 0 spiro atoms. The second-order valence-corrected chi connectivity index (χ2v) is 4.73. The summed E-state index contributed by atoms with van der Waals surface area (Å²) in [5.41, 5.74) is 3.35. The van der Waals surface area contributed by atoms with E-state index in [4.69, 9.17) is 0 Å². The van der Waals surface area contributed by atoms with E-state index in [1.807, 2.05) is 47.2 Å². The van der Waals surface area contributed by atoms with Gasteiger partial charge in [-0.2, -0.15) is 5.26 Å². The van der Waals surface area contributed by atoms with Gasteiger partial charge in [-0.25, -0.2) is 9.50 Å². The molecule has 3 aromatic rings. The minimum absolute atomic E-state index is 0.645. The lowest BCUT2D eigenvalue weighted by atomic mass is 10.1. The Morgan fingerprint density at radius 1 is 1.21 bits per heavy atom. The summed E-state index contributed by atoms with van der Waals surface area (Å²) in [6.07, 6.45) is 3.73. The maximum Gasteiger partial charge on any atom is 0.207 e. The Balaban J connectivity index is 2.28. The Morgan fingerprint density at radius 2 is 2.05 bits per heavy atom. The van der Waals surface area contributed by atoms with Crippen LogP contribution in [0, 0.1) is 11.3 Å². The van der Waals surface area contributed by atoms with Gasteiger partial charge < -0.3 is 0 Å². The van der Waals surface area contributed by atoms with Crippen LogP contribution < -0.4 is 0 Å². The summed E-state index contributed by atoms with van der Waals surface area (Å²) in [5.74, 6) is 0. The van der Waals surface area contributed by atoms with Crippen LogP contribution >= 0.6 is 11.8 Å². The smallest absolute Gasteiger partial charge is 0.207 e. The normalized spacial score (nSPS) is 10.5.